The Morgan fingerprint density at radius 1 is 1.11 bits per heavy atom. The summed E-state index contributed by atoms with van der Waals surface area (Å²) in [5.74, 6) is -0.544. The Kier molecular flexibility index (Phi) is 4.37. The highest BCUT2D eigenvalue weighted by Crippen LogP contribution is 2.24. The third-order valence-corrected chi connectivity index (χ3v) is 3.47. The molecule has 0 saturated heterocycles. The van der Waals surface area contributed by atoms with Gasteiger partial charge in [-0.1, -0.05) is 29.3 Å². The van der Waals surface area contributed by atoms with Crippen molar-refractivity contribution in [1.82, 2.24) is 9.97 Å². The molecule has 0 aliphatic carbocycles. The first-order valence-corrected chi connectivity index (χ1v) is 6.56. The smallest absolute Gasteiger partial charge is 0.197 e. The van der Waals surface area contributed by atoms with Crippen LogP contribution >= 0.6 is 35.0 Å². The fraction of sp³-hybridized carbons (Fsp3) is 0.0909. The number of nitrogens with zero attached hydrogens (tertiary/aromatic N) is 2. The summed E-state index contributed by atoms with van der Waals surface area (Å²) in [6.07, 6.45) is 0. The molecule has 2 nitrogen and oxygen atoms in total. The van der Waals surface area contributed by atoms with E-state index in [4.69, 9.17) is 23.2 Å². The summed E-state index contributed by atoms with van der Waals surface area (Å²) in [4.78, 5) is 8.22. The van der Waals surface area contributed by atoms with Crippen LogP contribution in [0.4, 0.5) is 8.78 Å². The number of rotatable bonds is 3. The first kappa shape index (κ1) is 13.5. The van der Waals surface area contributed by atoms with E-state index in [0.29, 0.717) is 11.6 Å². The molecule has 0 amide bonds. The van der Waals surface area contributed by atoms with Crippen LogP contribution in [0, 0.1) is 11.6 Å². The van der Waals surface area contributed by atoms with Gasteiger partial charge < -0.3 is 0 Å². The topological polar surface area (TPSA) is 25.8 Å². The highest BCUT2D eigenvalue weighted by Gasteiger charge is 2.11. The molecule has 0 fully saturated rings. The fourth-order valence-electron chi connectivity index (χ4n) is 1.20. The van der Waals surface area contributed by atoms with E-state index in [9.17, 15) is 8.78 Å². The number of halogens is 4. The first-order chi connectivity index (χ1) is 8.56. The van der Waals surface area contributed by atoms with Gasteiger partial charge in [-0.05, 0) is 18.2 Å². The average molecular weight is 307 g/mol. The van der Waals surface area contributed by atoms with Crippen LogP contribution in [0.5, 0.6) is 0 Å². The molecule has 0 saturated carbocycles. The lowest BCUT2D eigenvalue weighted by molar-refractivity contribution is 0.611. The molecule has 0 N–H and O–H groups in total. The Morgan fingerprint density at radius 3 is 2.39 bits per heavy atom. The van der Waals surface area contributed by atoms with Gasteiger partial charge in [0.15, 0.2) is 16.1 Å². The summed E-state index contributed by atoms with van der Waals surface area (Å²) >= 11 is 12.4. The largest absolute Gasteiger partial charge is 0.217 e. The van der Waals surface area contributed by atoms with Crippen molar-refractivity contribution in [2.75, 3.05) is 0 Å². The maximum Gasteiger partial charge on any atom is 0.197 e. The van der Waals surface area contributed by atoms with E-state index < -0.39 is 5.82 Å². The van der Waals surface area contributed by atoms with Crippen molar-refractivity contribution in [1.29, 1.82) is 0 Å². The standard InChI is InChI=1S/C11H6Cl2F2N2S/c12-10-9(15)11(13)17-8(16-10)5-18-7-3-1-2-6(14)4-7/h1-4H,5H2. The summed E-state index contributed by atoms with van der Waals surface area (Å²) in [6.45, 7) is 0. The van der Waals surface area contributed by atoms with Gasteiger partial charge in [0.2, 0.25) is 0 Å². The molecule has 1 aromatic heterocycles. The highest BCUT2D eigenvalue weighted by molar-refractivity contribution is 7.98. The van der Waals surface area contributed by atoms with E-state index in [1.807, 2.05) is 0 Å². The third-order valence-electron chi connectivity index (χ3n) is 1.98. The lowest BCUT2D eigenvalue weighted by Crippen LogP contribution is -1.97. The van der Waals surface area contributed by atoms with Gasteiger partial charge >= 0.3 is 0 Å². The second kappa shape index (κ2) is 5.82. The van der Waals surface area contributed by atoms with Crippen LogP contribution in [0.2, 0.25) is 10.3 Å². The Morgan fingerprint density at radius 2 is 1.78 bits per heavy atom. The quantitative estimate of drug-likeness (QED) is 0.622. The van der Waals surface area contributed by atoms with Crippen LogP contribution in [0.1, 0.15) is 5.82 Å². The summed E-state index contributed by atoms with van der Waals surface area (Å²) in [7, 11) is 0. The Labute approximate surface area is 116 Å². The van der Waals surface area contributed by atoms with Crippen molar-refractivity contribution in [2.24, 2.45) is 0 Å². The molecule has 0 radical (unpaired) electrons. The summed E-state index contributed by atoms with van der Waals surface area (Å²) in [5, 5.41) is -0.630. The van der Waals surface area contributed by atoms with Crippen LogP contribution in [-0.4, -0.2) is 9.97 Å². The van der Waals surface area contributed by atoms with Gasteiger partial charge in [0, 0.05) is 4.90 Å². The second-order valence-electron chi connectivity index (χ2n) is 3.28. The van der Waals surface area contributed by atoms with Crippen molar-refractivity contribution in [3.05, 3.63) is 52.0 Å². The van der Waals surface area contributed by atoms with E-state index in [1.165, 1.54) is 23.9 Å². The number of benzene rings is 1. The molecule has 1 aromatic carbocycles. The van der Waals surface area contributed by atoms with Crippen LogP contribution in [-0.2, 0) is 5.75 Å². The zero-order valence-electron chi connectivity index (χ0n) is 8.83. The van der Waals surface area contributed by atoms with Crippen molar-refractivity contribution in [3.8, 4) is 0 Å². The maximum atomic E-state index is 13.1. The lowest BCUT2D eigenvalue weighted by Gasteiger charge is -2.03. The number of hydrogen-bond acceptors (Lipinski definition) is 3. The molecular formula is C11H6Cl2F2N2S. The second-order valence-corrected chi connectivity index (χ2v) is 5.05. The average Bonchev–Trinajstić information content (AvgIpc) is 2.33. The van der Waals surface area contributed by atoms with Gasteiger partial charge in [-0.3, -0.25) is 0 Å². The van der Waals surface area contributed by atoms with Crippen molar-refractivity contribution >= 4 is 35.0 Å². The number of hydrogen-bond donors (Lipinski definition) is 0. The summed E-state index contributed by atoms with van der Waals surface area (Å²) in [5.41, 5.74) is 0. The van der Waals surface area contributed by atoms with E-state index in [-0.39, 0.29) is 16.1 Å². The molecule has 0 aliphatic rings. The zero-order valence-corrected chi connectivity index (χ0v) is 11.2. The highest BCUT2D eigenvalue weighted by atomic mass is 35.5. The van der Waals surface area contributed by atoms with Gasteiger partial charge in [-0.2, -0.15) is 0 Å². The summed E-state index contributed by atoms with van der Waals surface area (Å²) < 4.78 is 26.0. The normalized spacial score (nSPS) is 10.7. The predicted octanol–water partition coefficient (Wildman–Crippen LogP) is 4.35. The minimum Gasteiger partial charge on any atom is -0.217 e. The first-order valence-electron chi connectivity index (χ1n) is 4.82. The molecule has 7 heteroatoms. The van der Waals surface area contributed by atoms with Crippen LogP contribution in [0.3, 0.4) is 0 Å². The minimum atomic E-state index is -0.835. The van der Waals surface area contributed by atoms with Crippen LogP contribution in [0.25, 0.3) is 0 Å². The minimum absolute atomic E-state index is 0.292. The Bertz CT molecular complexity index is 558. The molecule has 0 aliphatic heterocycles. The molecule has 0 atom stereocenters. The van der Waals surface area contributed by atoms with Gasteiger partial charge in [-0.15, -0.1) is 11.8 Å². The number of aromatic nitrogens is 2. The molecule has 2 aromatic rings. The zero-order chi connectivity index (χ0) is 13.1. The molecule has 1 heterocycles. The van der Waals surface area contributed by atoms with Crippen molar-refractivity contribution in [3.63, 3.8) is 0 Å². The van der Waals surface area contributed by atoms with Crippen molar-refractivity contribution < 1.29 is 8.78 Å². The van der Waals surface area contributed by atoms with E-state index in [1.54, 1.807) is 12.1 Å². The van der Waals surface area contributed by atoms with E-state index in [0.717, 1.165) is 4.90 Å². The van der Waals surface area contributed by atoms with Gasteiger partial charge in [0.05, 0.1) is 5.75 Å². The SMILES string of the molecule is Fc1cccc(SCc2nc(Cl)c(F)c(Cl)n2)c1. The molecule has 0 unspecified atom stereocenters. The Balaban J connectivity index is 2.11. The van der Waals surface area contributed by atoms with E-state index >= 15 is 0 Å². The molecule has 0 bridgehead atoms. The predicted molar refractivity (Wildman–Crippen MR) is 68.0 cm³/mol. The number of thioether (sulfide) groups is 1. The lowest BCUT2D eigenvalue weighted by atomic mass is 10.4. The monoisotopic (exact) mass is 306 g/mol. The van der Waals surface area contributed by atoms with Crippen molar-refractivity contribution in [2.45, 2.75) is 10.6 Å². The molecular weight excluding hydrogens is 301 g/mol. The summed E-state index contributed by atoms with van der Waals surface area (Å²) in [6, 6.07) is 6.09. The molecule has 2 rings (SSSR count). The van der Waals surface area contributed by atoms with Gasteiger partial charge in [0.1, 0.15) is 11.6 Å². The fourth-order valence-corrected chi connectivity index (χ4v) is 2.42. The van der Waals surface area contributed by atoms with Crippen LogP contribution < -0.4 is 0 Å². The Hall–Kier alpha value is -0.910. The third kappa shape index (κ3) is 3.31. The van der Waals surface area contributed by atoms with Gasteiger partial charge in [-0.25, -0.2) is 18.7 Å². The van der Waals surface area contributed by atoms with Crippen LogP contribution in [0.15, 0.2) is 29.2 Å². The van der Waals surface area contributed by atoms with Gasteiger partial charge in [0.25, 0.3) is 0 Å². The molecule has 18 heavy (non-hydrogen) atoms. The molecule has 94 valence electrons. The molecule has 0 spiro atoms. The van der Waals surface area contributed by atoms with E-state index in [2.05, 4.69) is 9.97 Å². The maximum absolute atomic E-state index is 13.1.